The van der Waals surface area contributed by atoms with Gasteiger partial charge < -0.3 is 10.6 Å². The molecule has 4 N–H and O–H groups in total. The first-order valence-electron chi connectivity index (χ1n) is 6.02. The summed E-state index contributed by atoms with van der Waals surface area (Å²) < 4.78 is 21.4. The van der Waals surface area contributed by atoms with Gasteiger partial charge in [0.1, 0.15) is 0 Å². The fourth-order valence-electron chi connectivity index (χ4n) is 1.96. The first kappa shape index (κ1) is 14.7. The monoisotopic (exact) mass is 279 g/mol. The van der Waals surface area contributed by atoms with Crippen molar-refractivity contribution in [2.24, 2.45) is 5.14 Å². The summed E-state index contributed by atoms with van der Waals surface area (Å²) in [5.74, 6) is -0.00789. The highest BCUT2D eigenvalue weighted by Gasteiger charge is 2.13. The van der Waals surface area contributed by atoms with Crippen LogP contribution < -0.4 is 15.8 Å². The summed E-state index contributed by atoms with van der Waals surface area (Å²) in [6, 6.07) is 0.474. The van der Waals surface area contributed by atoms with Crippen molar-refractivity contribution in [2.45, 2.75) is 44.6 Å². The molecule has 5 nitrogen and oxygen atoms in total. The normalized spacial score (nSPS) is 17.7. The van der Waals surface area contributed by atoms with Crippen molar-refractivity contribution < 1.29 is 8.42 Å². The zero-order valence-electron chi connectivity index (χ0n) is 9.94. The highest BCUT2D eigenvalue weighted by molar-refractivity contribution is 7.89. The maximum atomic E-state index is 10.7. The number of nitrogens with one attached hydrogen (secondary N) is 2. The van der Waals surface area contributed by atoms with Crippen molar-refractivity contribution in [1.82, 2.24) is 10.6 Å². The summed E-state index contributed by atoms with van der Waals surface area (Å²) in [6.45, 7) is 0.537. The first-order valence-corrected chi connectivity index (χ1v) is 8.14. The third kappa shape index (κ3) is 7.51. The SMILES string of the molecule is NS(=O)(=O)CCCNC(=S)NC1CCCCC1. The van der Waals surface area contributed by atoms with E-state index < -0.39 is 10.0 Å². The minimum absolute atomic E-state index is 0.00789. The Kier molecular flexibility index (Phi) is 6.15. The third-order valence-corrected chi connectivity index (χ3v) is 3.95. The first-order chi connectivity index (χ1) is 7.97. The molecule has 0 unspecified atom stereocenters. The van der Waals surface area contributed by atoms with E-state index in [1.807, 2.05) is 0 Å². The number of hydrogen-bond acceptors (Lipinski definition) is 3. The molecule has 0 saturated heterocycles. The summed E-state index contributed by atoms with van der Waals surface area (Å²) in [6.07, 6.45) is 6.63. The molecule has 17 heavy (non-hydrogen) atoms. The van der Waals surface area contributed by atoms with E-state index in [1.54, 1.807) is 0 Å². The van der Waals surface area contributed by atoms with Crippen molar-refractivity contribution in [1.29, 1.82) is 0 Å². The minimum Gasteiger partial charge on any atom is -0.363 e. The number of hydrogen-bond donors (Lipinski definition) is 3. The molecule has 0 amide bonds. The highest BCUT2D eigenvalue weighted by atomic mass is 32.2. The molecule has 1 saturated carbocycles. The van der Waals surface area contributed by atoms with Gasteiger partial charge in [-0.15, -0.1) is 0 Å². The Morgan fingerprint density at radius 3 is 2.53 bits per heavy atom. The Balaban J connectivity index is 2.08. The summed E-state index contributed by atoms with van der Waals surface area (Å²) in [7, 11) is -3.35. The molecule has 0 heterocycles. The van der Waals surface area contributed by atoms with Crippen molar-refractivity contribution >= 4 is 27.4 Å². The van der Waals surface area contributed by atoms with Gasteiger partial charge in [0.05, 0.1) is 5.75 Å². The number of rotatable bonds is 5. The summed E-state index contributed by atoms with van der Waals surface area (Å²) in [5, 5.41) is 11.8. The van der Waals surface area contributed by atoms with E-state index in [1.165, 1.54) is 32.1 Å². The van der Waals surface area contributed by atoms with Gasteiger partial charge in [-0.25, -0.2) is 13.6 Å². The van der Waals surface area contributed by atoms with Crippen LogP contribution in [-0.4, -0.2) is 31.9 Å². The number of nitrogens with two attached hydrogens (primary N) is 1. The van der Waals surface area contributed by atoms with E-state index in [9.17, 15) is 8.42 Å². The predicted molar refractivity (Wildman–Crippen MR) is 73.2 cm³/mol. The van der Waals surface area contributed by atoms with Gasteiger partial charge in [-0.05, 0) is 31.5 Å². The molecule has 0 aromatic rings. The van der Waals surface area contributed by atoms with Crippen LogP contribution in [0.15, 0.2) is 0 Å². The molecule has 100 valence electrons. The minimum atomic E-state index is -3.35. The lowest BCUT2D eigenvalue weighted by molar-refractivity contribution is 0.412. The Bertz CT molecular complexity index is 337. The van der Waals surface area contributed by atoms with Crippen LogP contribution in [0.2, 0.25) is 0 Å². The van der Waals surface area contributed by atoms with E-state index in [0.29, 0.717) is 24.1 Å². The number of thiocarbonyl (C=S) groups is 1. The molecule has 0 radical (unpaired) electrons. The maximum absolute atomic E-state index is 10.7. The fraction of sp³-hybridized carbons (Fsp3) is 0.900. The smallest absolute Gasteiger partial charge is 0.209 e. The van der Waals surface area contributed by atoms with Gasteiger partial charge in [0.25, 0.3) is 0 Å². The summed E-state index contributed by atoms with van der Waals surface area (Å²) in [5.41, 5.74) is 0. The van der Waals surface area contributed by atoms with Crippen molar-refractivity contribution in [3.63, 3.8) is 0 Å². The molecule has 1 fully saturated rings. The van der Waals surface area contributed by atoms with E-state index in [4.69, 9.17) is 17.4 Å². The quantitative estimate of drug-likeness (QED) is 0.503. The molecular formula is C10H21N3O2S2. The largest absolute Gasteiger partial charge is 0.363 e. The van der Waals surface area contributed by atoms with E-state index >= 15 is 0 Å². The average Bonchev–Trinajstić information content (AvgIpc) is 2.25. The van der Waals surface area contributed by atoms with Gasteiger partial charge in [0.15, 0.2) is 5.11 Å². The van der Waals surface area contributed by atoms with Gasteiger partial charge >= 0.3 is 0 Å². The Hall–Kier alpha value is -0.400. The van der Waals surface area contributed by atoms with Gasteiger partial charge in [-0.2, -0.15) is 0 Å². The molecule has 0 atom stereocenters. The van der Waals surface area contributed by atoms with Crippen LogP contribution in [0.25, 0.3) is 0 Å². The molecule has 0 aromatic carbocycles. The lowest BCUT2D eigenvalue weighted by Gasteiger charge is -2.24. The van der Waals surface area contributed by atoms with Crippen LogP contribution in [0.5, 0.6) is 0 Å². The van der Waals surface area contributed by atoms with Crippen molar-refractivity contribution in [3.8, 4) is 0 Å². The predicted octanol–water partition coefficient (Wildman–Crippen LogP) is 0.462. The Morgan fingerprint density at radius 1 is 1.29 bits per heavy atom. The summed E-state index contributed by atoms with van der Waals surface area (Å²) >= 11 is 5.14. The van der Waals surface area contributed by atoms with Gasteiger partial charge in [-0.1, -0.05) is 19.3 Å². The van der Waals surface area contributed by atoms with Crippen LogP contribution in [0.4, 0.5) is 0 Å². The van der Waals surface area contributed by atoms with E-state index in [-0.39, 0.29) is 5.75 Å². The number of primary sulfonamides is 1. The second-order valence-electron chi connectivity index (χ2n) is 4.46. The number of sulfonamides is 1. The maximum Gasteiger partial charge on any atom is 0.209 e. The van der Waals surface area contributed by atoms with Crippen molar-refractivity contribution in [2.75, 3.05) is 12.3 Å². The van der Waals surface area contributed by atoms with E-state index in [0.717, 1.165) is 0 Å². The Labute approximate surface area is 109 Å². The van der Waals surface area contributed by atoms with Crippen molar-refractivity contribution in [3.05, 3.63) is 0 Å². The van der Waals surface area contributed by atoms with Crippen LogP contribution >= 0.6 is 12.2 Å². The lowest BCUT2D eigenvalue weighted by atomic mass is 9.96. The molecule has 7 heteroatoms. The molecule has 0 bridgehead atoms. The van der Waals surface area contributed by atoms with Crippen LogP contribution in [0, 0.1) is 0 Å². The zero-order valence-corrected chi connectivity index (χ0v) is 11.6. The van der Waals surface area contributed by atoms with Gasteiger partial charge in [0.2, 0.25) is 10.0 Å². The van der Waals surface area contributed by atoms with Crippen LogP contribution in [0.3, 0.4) is 0 Å². The van der Waals surface area contributed by atoms with Crippen LogP contribution in [0.1, 0.15) is 38.5 Å². The summed E-state index contributed by atoms with van der Waals surface area (Å²) in [4.78, 5) is 0. The van der Waals surface area contributed by atoms with Gasteiger partial charge in [0, 0.05) is 12.6 Å². The van der Waals surface area contributed by atoms with Gasteiger partial charge in [-0.3, -0.25) is 0 Å². The lowest BCUT2D eigenvalue weighted by Crippen LogP contribution is -2.43. The van der Waals surface area contributed by atoms with E-state index in [2.05, 4.69) is 10.6 Å². The molecule has 0 aliphatic heterocycles. The topological polar surface area (TPSA) is 84.2 Å². The Morgan fingerprint density at radius 2 is 1.94 bits per heavy atom. The second-order valence-corrected chi connectivity index (χ2v) is 6.60. The molecule has 0 spiro atoms. The standard InChI is InChI=1S/C10H21N3O2S2/c11-17(14,15)8-4-7-12-10(16)13-9-5-2-1-3-6-9/h9H,1-8H2,(H2,11,14,15)(H2,12,13,16). The zero-order chi connectivity index (χ0) is 12.7. The highest BCUT2D eigenvalue weighted by Crippen LogP contribution is 2.17. The third-order valence-electron chi connectivity index (χ3n) is 2.83. The molecular weight excluding hydrogens is 258 g/mol. The average molecular weight is 279 g/mol. The molecule has 0 aromatic heterocycles. The van der Waals surface area contributed by atoms with Crippen LogP contribution in [-0.2, 0) is 10.0 Å². The molecule has 1 aliphatic rings. The molecule has 1 aliphatic carbocycles. The molecule has 1 rings (SSSR count). The second kappa shape index (κ2) is 7.13. The fourth-order valence-corrected chi connectivity index (χ4v) is 2.77.